The highest BCUT2D eigenvalue weighted by atomic mass is 16.2. The van der Waals surface area contributed by atoms with Gasteiger partial charge in [0, 0.05) is 29.6 Å². The molecule has 3 heteroatoms. The molecule has 5 rings (SSSR count). The van der Waals surface area contributed by atoms with E-state index >= 15 is 0 Å². The van der Waals surface area contributed by atoms with Crippen LogP contribution in [0.3, 0.4) is 0 Å². The molecule has 2 aliphatic rings. The summed E-state index contributed by atoms with van der Waals surface area (Å²) in [4.78, 5) is 17.9. The first-order valence-corrected chi connectivity index (χ1v) is 8.31. The van der Waals surface area contributed by atoms with Gasteiger partial charge in [-0.15, -0.1) is 0 Å². The van der Waals surface area contributed by atoms with Crippen LogP contribution in [0, 0.1) is 0 Å². The van der Waals surface area contributed by atoms with E-state index in [0.717, 1.165) is 19.4 Å². The number of aromatic nitrogens is 1. The van der Waals surface area contributed by atoms with E-state index in [1.165, 1.54) is 33.3 Å². The van der Waals surface area contributed by atoms with Crippen molar-refractivity contribution in [3.8, 4) is 11.3 Å². The highest BCUT2D eigenvalue weighted by molar-refractivity contribution is 5.95. The third kappa shape index (κ3) is 1.79. The van der Waals surface area contributed by atoms with E-state index in [1.807, 2.05) is 6.07 Å². The fraction of sp³-hybridized carbons (Fsp3) is 0.250. The van der Waals surface area contributed by atoms with Crippen LogP contribution in [0.4, 0.5) is 0 Å². The number of fused-ring (bicyclic) bond motifs is 2. The molecule has 2 aliphatic heterocycles. The monoisotopic (exact) mass is 302 g/mol. The Bertz CT molecular complexity index is 910. The molecule has 1 fully saturated rings. The van der Waals surface area contributed by atoms with Crippen LogP contribution in [0.1, 0.15) is 30.0 Å². The van der Waals surface area contributed by atoms with Gasteiger partial charge in [-0.05, 0) is 35.6 Å². The number of hydrogen-bond donors (Lipinski definition) is 1. The van der Waals surface area contributed by atoms with Gasteiger partial charge in [-0.1, -0.05) is 42.5 Å². The van der Waals surface area contributed by atoms with Gasteiger partial charge in [-0.3, -0.25) is 4.79 Å². The number of benzene rings is 2. The lowest BCUT2D eigenvalue weighted by molar-refractivity contribution is -0.128. The van der Waals surface area contributed by atoms with Crippen LogP contribution in [0.5, 0.6) is 0 Å². The van der Waals surface area contributed by atoms with Crippen molar-refractivity contribution in [1.29, 1.82) is 0 Å². The predicted octanol–water partition coefficient (Wildman–Crippen LogP) is 4.05. The topological polar surface area (TPSA) is 36.1 Å². The maximum atomic E-state index is 12.2. The standard InChI is InChI=1S/C20H18N2O/c23-18-10-9-17-14-7-4-8-16-19(14)15(11-12-22(17)18)20(21-16)13-5-2-1-3-6-13/h1-8,17,21H,9-12H2. The van der Waals surface area contributed by atoms with Gasteiger partial charge < -0.3 is 9.88 Å². The lowest BCUT2D eigenvalue weighted by Gasteiger charge is -2.23. The average Bonchev–Trinajstić information content (AvgIpc) is 3.09. The minimum Gasteiger partial charge on any atom is -0.354 e. The lowest BCUT2D eigenvalue weighted by Crippen LogP contribution is -2.28. The Kier molecular flexibility index (Phi) is 2.66. The Hall–Kier alpha value is -2.55. The number of amides is 1. The van der Waals surface area contributed by atoms with Crippen LogP contribution in [0.2, 0.25) is 0 Å². The molecule has 2 aromatic carbocycles. The summed E-state index contributed by atoms with van der Waals surface area (Å²) >= 11 is 0. The molecular weight excluding hydrogens is 284 g/mol. The molecule has 1 atom stereocenters. The molecule has 3 aromatic rings. The minimum atomic E-state index is 0.256. The van der Waals surface area contributed by atoms with Crippen molar-refractivity contribution in [1.82, 2.24) is 9.88 Å². The summed E-state index contributed by atoms with van der Waals surface area (Å²) < 4.78 is 0. The molecule has 0 spiro atoms. The molecule has 1 N–H and O–H groups in total. The number of aromatic amines is 1. The molecule has 3 heterocycles. The molecule has 0 bridgehead atoms. The number of nitrogens with one attached hydrogen (secondary N) is 1. The predicted molar refractivity (Wildman–Crippen MR) is 91.1 cm³/mol. The lowest BCUT2D eigenvalue weighted by atomic mass is 9.97. The van der Waals surface area contributed by atoms with Crippen molar-refractivity contribution < 1.29 is 4.79 Å². The van der Waals surface area contributed by atoms with Crippen LogP contribution in [0.25, 0.3) is 22.2 Å². The second-order valence-corrected chi connectivity index (χ2v) is 6.51. The van der Waals surface area contributed by atoms with Crippen molar-refractivity contribution in [2.75, 3.05) is 6.54 Å². The average molecular weight is 302 g/mol. The van der Waals surface area contributed by atoms with Gasteiger partial charge in [0.2, 0.25) is 5.91 Å². The van der Waals surface area contributed by atoms with Gasteiger partial charge in [0.05, 0.1) is 6.04 Å². The molecule has 114 valence electrons. The minimum absolute atomic E-state index is 0.256. The Balaban J connectivity index is 1.78. The largest absolute Gasteiger partial charge is 0.354 e. The number of H-pyrrole nitrogens is 1. The number of nitrogens with zero attached hydrogens (tertiary/aromatic N) is 1. The molecule has 1 aromatic heterocycles. The van der Waals surface area contributed by atoms with Gasteiger partial charge in [0.1, 0.15) is 0 Å². The van der Waals surface area contributed by atoms with Gasteiger partial charge in [-0.2, -0.15) is 0 Å². The van der Waals surface area contributed by atoms with E-state index in [9.17, 15) is 4.79 Å². The molecule has 1 amide bonds. The van der Waals surface area contributed by atoms with Crippen molar-refractivity contribution in [3.05, 3.63) is 59.7 Å². The van der Waals surface area contributed by atoms with Crippen molar-refractivity contribution >= 4 is 16.8 Å². The Labute approximate surface area is 134 Å². The number of rotatable bonds is 1. The van der Waals surface area contributed by atoms with Crippen LogP contribution < -0.4 is 0 Å². The third-order valence-corrected chi connectivity index (χ3v) is 5.31. The SMILES string of the molecule is O=C1CCC2c3cccc4[nH]c(-c5ccccc5)c(c34)CCN12. The second-order valence-electron chi connectivity index (χ2n) is 6.51. The van der Waals surface area contributed by atoms with Crippen LogP contribution in [0.15, 0.2) is 48.5 Å². The van der Waals surface area contributed by atoms with E-state index in [4.69, 9.17) is 0 Å². The molecule has 0 radical (unpaired) electrons. The summed E-state index contributed by atoms with van der Waals surface area (Å²) in [5.74, 6) is 0.308. The van der Waals surface area contributed by atoms with Crippen LogP contribution in [-0.4, -0.2) is 22.3 Å². The van der Waals surface area contributed by atoms with E-state index in [2.05, 4.69) is 52.3 Å². The summed E-state index contributed by atoms with van der Waals surface area (Å²) in [6.07, 6.45) is 2.55. The summed E-state index contributed by atoms with van der Waals surface area (Å²) in [5.41, 5.74) is 6.31. The Morgan fingerprint density at radius 1 is 1.00 bits per heavy atom. The van der Waals surface area contributed by atoms with Crippen LogP contribution in [-0.2, 0) is 11.2 Å². The van der Waals surface area contributed by atoms with Gasteiger partial charge in [0.15, 0.2) is 0 Å². The maximum absolute atomic E-state index is 12.2. The molecular formula is C20H18N2O. The number of carbonyl (C=O) groups is 1. The molecule has 23 heavy (non-hydrogen) atoms. The van der Waals surface area contributed by atoms with E-state index < -0.39 is 0 Å². The first-order valence-electron chi connectivity index (χ1n) is 8.31. The van der Waals surface area contributed by atoms with Crippen LogP contribution >= 0.6 is 0 Å². The summed E-state index contributed by atoms with van der Waals surface area (Å²) in [5, 5.41) is 1.34. The quantitative estimate of drug-likeness (QED) is 0.723. The molecule has 3 nitrogen and oxygen atoms in total. The van der Waals surface area contributed by atoms with E-state index in [1.54, 1.807) is 0 Å². The summed E-state index contributed by atoms with van der Waals surface area (Å²) in [7, 11) is 0. The molecule has 0 aliphatic carbocycles. The highest BCUT2D eigenvalue weighted by Crippen LogP contribution is 2.43. The first kappa shape index (κ1) is 12.9. The molecule has 1 unspecified atom stereocenters. The normalized spacial score (nSPS) is 19.9. The van der Waals surface area contributed by atoms with E-state index in [-0.39, 0.29) is 6.04 Å². The summed E-state index contributed by atoms with van der Waals surface area (Å²) in [6.45, 7) is 0.824. The van der Waals surface area contributed by atoms with Gasteiger partial charge in [0.25, 0.3) is 0 Å². The third-order valence-electron chi connectivity index (χ3n) is 5.31. The zero-order valence-corrected chi connectivity index (χ0v) is 12.9. The number of hydrogen-bond acceptors (Lipinski definition) is 1. The second kappa shape index (κ2) is 4.72. The number of carbonyl (C=O) groups excluding carboxylic acids is 1. The van der Waals surface area contributed by atoms with Crippen molar-refractivity contribution in [2.24, 2.45) is 0 Å². The zero-order valence-electron chi connectivity index (χ0n) is 12.9. The Morgan fingerprint density at radius 2 is 1.87 bits per heavy atom. The van der Waals surface area contributed by atoms with Gasteiger partial charge >= 0.3 is 0 Å². The molecule has 0 saturated carbocycles. The van der Waals surface area contributed by atoms with Crippen molar-refractivity contribution in [2.45, 2.75) is 25.3 Å². The summed E-state index contributed by atoms with van der Waals surface area (Å²) in [6, 6.07) is 17.2. The zero-order chi connectivity index (χ0) is 15.4. The first-order chi connectivity index (χ1) is 11.3. The van der Waals surface area contributed by atoms with Gasteiger partial charge in [-0.25, -0.2) is 0 Å². The van der Waals surface area contributed by atoms with E-state index in [0.29, 0.717) is 12.3 Å². The fourth-order valence-corrected chi connectivity index (χ4v) is 4.29. The Morgan fingerprint density at radius 3 is 2.74 bits per heavy atom. The smallest absolute Gasteiger partial charge is 0.223 e. The molecule has 1 saturated heterocycles. The fourth-order valence-electron chi connectivity index (χ4n) is 4.29. The maximum Gasteiger partial charge on any atom is 0.223 e. The highest BCUT2D eigenvalue weighted by Gasteiger charge is 2.36. The van der Waals surface area contributed by atoms with Crippen molar-refractivity contribution in [3.63, 3.8) is 0 Å².